The fourth-order valence-corrected chi connectivity index (χ4v) is 4.71. The van der Waals surface area contributed by atoms with Crippen molar-refractivity contribution in [3.05, 3.63) is 70.8 Å². The van der Waals surface area contributed by atoms with Gasteiger partial charge in [0.25, 0.3) is 11.8 Å². The zero-order chi connectivity index (χ0) is 32.8. The molecule has 0 radical (unpaired) electrons. The van der Waals surface area contributed by atoms with E-state index in [2.05, 4.69) is 10.1 Å². The number of methoxy groups -OCH3 is 1. The number of alkyl halides is 3. The summed E-state index contributed by atoms with van der Waals surface area (Å²) in [6, 6.07) is 3.88. The lowest BCUT2D eigenvalue weighted by molar-refractivity contribution is -0.265. The van der Waals surface area contributed by atoms with Crippen molar-refractivity contribution in [1.82, 2.24) is 20.1 Å². The summed E-state index contributed by atoms with van der Waals surface area (Å²) in [4.78, 5) is 29.1. The quantitative estimate of drug-likeness (QED) is 0.171. The highest BCUT2D eigenvalue weighted by Crippen LogP contribution is 2.43. The van der Waals surface area contributed by atoms with E-state index in [-0.39, 0.29) is 30.0 Å². The number of hydrogen-bond donors (Lipinski definition) is 3. The van der Waals surface area contributed by atoms with E-state index in [1.165, 1.54) is 26.2 Å². The number of carbonyl (C=O) groups is 2. The number of fused-ring (bicyclic) bond motifs is 1. The molecule has 1 saturated carbocycles. The third-order valence-corrected chi connectivity index (χ3v) is 7.17. The van der Waals surface area contributed by atoms with Crippen molar-refractivity contribution in [1.29, 1.82) is 0 Å². The highest BCUT2D eigenvalue weighted by atomic mass is 19.4. The van der Waals surface area contributed by atoms with Crippen LogP contribution in [-0.2, 0) is 5.60 Å². The van der Waals surface area contributed by atoms with Crippen molar-refractivity contribution < 1.29 is 50.5 Å². The lowest BCUT2D eigenvalue weighted by Gasteiger charge is -2.31. The monoisotopic (exact) mass is 637 g/mol. The topological polar surface area (TPSA) is 142 Å². The van der Waals surface area contributed by atoms with Gasteiger partial charge in [-0.2, -0.15) is 18.3 Å². The van der Waals surface area contributed by atoms with Gasteiger partial charge < -0.3 is 25.6 Å². The molecule has 4 N–H and O–H groups in total. The highest BCUT2D eigenvalue weighted by molar-refractivity contribution is 6.00. The number of nitrogens with zero attached hydrogens (tertiary/aromatic N) is 3. The van der Waals surface area contributed by atoms with E-state index in [0.29, 0.717) is 23.0 Å². The van der Waals surface area contributed by atoms with Crippen LogP contribution in [0.3, 0.4) is 0 Å². The van der Waals surface area contributed by atoms with Gasteiger partial charge in [0.05, 0.1) is 37.6 Å². The number of ether oxygens (including phenoxy) is 2. The maximum atomic E-state index is 14.8. The van der Waals surface area contributed by atoms with Crippen LogP contribution in [0, 0.1) is 17.5 Å². The number of hydrogen-bond acceptors (Lipinski definition) is 7. The lowest BCUT2D eigenvalue weighted by Crippen LogP contribution is -2.51. The zero-order valence-corrected chi connectivity index (χ0v) is 23.6. The number of nitrogens with one attached hydrogen (secondary N) is 1. The molecule has 2 aromatic carbocycles. The molecule has 0 saturated heterocycles. The molecule has 45 heavy (non-hydrogen) atoms. The van der Waals surface area contributed by atoms with Crippen LogP contribution in [-0.4, -0.2) is 58.1 Å². The number of primary amides is 1. The smallest absolute Gasteiger partial charge is 0.424 e. The first kappa shape index (κ1) is 31.6. The number of carbonyl (C=O) groups excluding carboxylic acids is 2. The fourth-order valence-electron chi connectivity index (χ4n) is 4.71. The lowest BCUT2D eigenvalue weighted by atomic mass is 9.94. The minimum absolute atomic E-state index is 0.130. The van der Waals surface area contributed by atoms with E-state index in [1.54, 1.807) is 10.9 Å². The molecule has 10 nitrogen and oxygen atoms in total. The first-order valence-electron chi connectivity index (χ1n) is 13.5. The van der Waals surface area contributed by atoms with Gasteiger partial charge in [0.15, 0.2) is 17.4 Å². The standard InChI is InChI=1S/C29H25F6N5O5/c1-3-45-25-18(26(36)41)10-21(38-24(25)17-8-15(30)9-19(31)22(17)32)28(43,29(33,34)35)12-37-27(42)13-6-14-11-40(16-4-5-16)39-23(14)20(7-13)44-2/h6-11,16,43H,3-5,12H2,1-2H3,(H2,36,41)(H,37,42)/t28-/m0/s1. The third kappa shape index (κ3) is 5.84. The predicted octanol–water partition coefficient (Wildman–Crippen LogP) is 4.54. The fraction of sp³-hybridized carbons (Fsp3) is 0.310. The average Bonchev–Trinajstić information content (AvgIpc) is 3.74. The summed E-state index contributed by atoms with van der Waals surface area (Å²) < 4.78 is 99.1. The Morgan fingerprint density at radius 1 is 1.13 bits per heavy atom. The number of benzene rings is 2. The molecule has 5 rings (SSSR count). The van der Waals surface area contributed by atoms with Gasteiger partial charge in [-0.1, -0.05) is 0 Å². The molecule has 4 aromatic rings. The number of aliphatic hydroxyl groups is 1. The SMILES string of the molecule is CCOc1c(C(N)=O)cc([C@@](O)(CNC(=O)c2cc(OC)c3nn(C4CC4)cc3c2)C(F)(F)F)nc1-c1cc(F)cc(F)c1F. The van der Waals surface area contributed by atoms with Crippen molar-refractivity contribution in [2.75, 3.05) is 20.3 Å². The van der Waals surface area contributed by atoms with Crippen LogP contribution in [0.15, 0.2) is 36.5 Å². The Morgan fingerprint density at radius 2 is 1.84 bits per heavy atom. The number of nitrogens with two attached hydrogens (primary N) is 1. The molecule has 1 atom stereocenters. The average molecular weight is 638 g/mol. The molecule has 1 aliphatic carbocycles. The van der Waals surface area contributed by atoms with Gasteiger partial charge in [-0.3, -0.25) is 14.3 Å². The van der Waals surface area contributed by atoms with Crippen LogP contribution in [0.2, 0.25) is 0 Å². The van der Waals surface area contributed by atoms with Crippen LogP contribution in [0.4, 0.5) is 26.3 Å². The second-order valence-electron chi connectivity index (χ2n) is 10.3. The Kier molecular flexibility index (Phi) is 8.12. The number of amides is 2. The van der Waals surface area contributed by atoms with Gasteiger partial charge in [-0.25, -0.2) is 18.2 Å². The van der Waals surface area contributed by atoms with Gasteiger partial charge in [0, 0.05) is 28.8 Å². The maximum Gasteiger partial charge on any atom is 0.424 e. The van der Waals surface area contributed by atoms with Crippen molar-refractivity contribution in [3.63, 3.8) is 0 Å². The number of aromatic nitrogens is 3. The Morgan fingerprint density at radius 3 is 2.44 bits per heavy atom. The minimum atomic E-state index is -5.58. The summed E-state index contributed by atoms with van der Waals surface area (Å²) >= 11 is 0. The van der Waals surface area contributed by atoms with E-state index in [9.17, 15) is 41.0 Å². The summed E-state index contributed by atoms with van der Waals surface area (Å²) in [5.74, 6) is -7.72. The van der Waals surface area contributed by atoms with Crippen LogP contribution >= 0.6 is 0 Å². The number of pyridine rings is 1. The second kappa shape index (κ2) is 11.6. The first-order valence-corrected chi connectivity index (χ1v) is 13.5. The zero-order valence-electron chi connectivity index (χ0n) is 23.6. The van der Waals surface area contributed by atoms with Crippen molar-refractivity contribution in [2.24, 2.45) is 5.73 Å². The molecule has 0 aliphatic heterocycles. The van der Waals surface area contributed by atoms with Gasteiger partial charge in [0.2, 0.25) is 5.60 Å². The Bertz CT molecular complexity index is 1820. The van der Waals surface area contributed by atoms with E-state index in [4.69, 9.17) is 15.2 Å². The molecule has 1 aliphatic rings. The first-order chi connectivity index (χ1) is 21.2. The molecule has 238 valence electrons. The predicted molar refractivity (Wildman–Crippen MR) is 146 cm³/mol. The molecular formula is C29H25F6N5O5. The van der Waals surface area contributed by atoms with Crippen LogP contribution < -0.4 is 20.5 Å². The molecule has 0 spiro atoms. The summed E-state index contributed by atoms with van der Waals surface area (Å²) in [5.41, 5.74) is -2.47. The molecule has 0 unspecified atom stereocenters. The van der Waals surface area contributed by atoms with E-state index >= 15 is 0 Å². The van der Waals surface area contributed by atoms with Crippen LogP contribution in [0.1, 0.15) is 52.2 Å². The summed E-state index contributed by atoms with van der Waals surface area (Å²) in [6.07, 6.45) is -2.08. The van der Waals surface area contributed by atoms with Crippen molar-refractivity contribution in [3.8, 4) is 22.8 Å². The minimum Gasteiger partial charge on any atom is -0.494 e. The molecule has 2 heterocycles. The molecule has 1 fully saturated rings. The van der Waals surface area contributed by atoms with Gasteiger partial charge in [0.1, 0.15) is 22.8 Å². The van der Waals surface area contributed by atoms with Gasteiger partial charge >= 0.3 is 6.18 Å². The normalized spacial score (nSPS) is 14.7. The Labute approximate surface area is 250 Å². The molecule has 0 bridgehead atoms. The summed E-state index contributed by atoms with van der Waals surface area (Å²) in [6.45, 7) is -0.411. The number of rotatable bonds is 10. The van der Waals surface area contributed by atoms with E-state index in [1.807, 2.05) is 5.32 Å². The van der Waals surface area contributed by atoms with E-state index < -0.39 is 75.9 Å². The number of halogens is 6. The second-order valence-corrected chi connectivity index (χ2v) is 10.3. The van der Waals surface area contributed by atoms with Crippen molar-refractivity contribution in [2.45, 2.75) is 37.6 Å². The highest BCUT2D eigenvalue weighted by Gasteiger charge is 2.57. The molecule has 16 heteroatoms. The Hall–Kier alpha value is -4.86. The van der Waals surface area contributed by atoms with E-state index in [0.717, 1.165) is 12.8 Å². The van der Waals surface area contributed by atoms with Gasteiger partial charge in [-0.05, 0) is 44.0 Å². The molecule has 2 amide bonds. The summed E-state index contributed by atoms with van der Waals surface area (Å²) in [5, 5.41) is 18.0. The Balaban J connectivity index is 1.58. The summed E-state index contributed by atoms with van der Waals surface area (Å²) in [7, 11) is 1.33. The molecular weight excluding hydrogens is 612 g/mol. The van der Waals surface area contributed by atoms with Gasteiger partial charge in [-0.15, -0.1) is 0 Å². The molecule has 2 aromatic heterocycles. The third-order valence-electron chi connectivity index (χ3n) is 7.17. The maximum absolute atomic E-state index is 14.8. The van der Waals surface area contributed by atoms with Crippen LogP contribution in [0.25, 0.3) is 22.2 Å². The van der Waals surface area contributed by atoms with Crippen LogP contribution in [0.5, 0.6) is 11.5 Å². The largest absolute Gasteiger partial charge is 0.494 e. The van der Waals surface area contributed by atoms with Crippen molar-refractivity contribution >= 4 is 22.7 Å².